The van der Waals surface area contributed by atoms with Crippen molar-refractivity contribution in [3.05, 3.63) is 0 Å². The first-order valence-electron chi connectivity index (χ1n) is 7.84. The van der Waals surface area contributed by atoms with Gasteiger partial charge < -0.3 is 18.5 Å². The minimum atomic E-state index is -0.589. The Morgan fingerprint density at radius 3 is 2.14 bits per heavy atom. The molecule has 1 heterocycles. The van der Waals surface area contributed by atoms with Crippen molar-refractivity contribution in [1.82, 2.24) is 4.90 Å². The lowest BCUT2D eigenvalue weighted by Crippen LogP contribution is -2.29. The molecule has 7 heteroatoms. The molecule has 0 radical (unpaired) electrons. The number of thioether (sulfide) groups is 1. The predicted octanol–water partition coefficient (Wildman–Crippen LogP) is 2.44. The van der Waals surface area contributed by atoms with E-state index < -0.39 is 10.0 Å². The van der Waals surface area contributed by atoms with E-state index in [9.17, 15) is 0 Å². The van der Waals surface area contributed by atoms with E-state index in [2.05, 4.69) is 18.7 Å². The Bertz CT molecular complexity index is 248. The Morgan fingerprint density at radius 2 is 1.76 bits per heavy atom. The average Bonchev–Trinajstić information content (AvgIpc) is 2.44. The summed E-state index contributed by atoms with van der Waals surface area (Å²) in [6.07, 6.45) is 1.24. The molecule has 0 N–H and O–H groups in total. The van der Waals surface area contributed by atoms with Crippen molar-refractivity contribution >= 4 is 38.3 Å². The zero-order valence-electron chi connectivity index (χ0n) is 13.9. The molecule has 1 saturated heterocycles. The second-order valence-electron chi connectivity index (χ2n) is 4.58. The molecule has 0 aromatic carbocycles. The minimum absolute atomic E-state index is 0.589. The largest absolute Gasteiger partial charge is 0.399 e. The molecule has 0 amide bonds. The summed E-state index contributed by atoms with van der Waals surface area (Å²) in [7, 11) is -0.589. The topological polar surface area (TPSA) is 30.9 Å². The molecule has 4 nitrogen and oxygen atoms in total. The highest BCUT2D eigenvalue weighted by Crippen LogP contribution is 2.19. The maximum Gasteiger partial charge on any atom is 0.304 e. The van der Waals surface area contributed by atoms with Crippen molar-refractivity contribution in [3.8, 4) is 0 Å². The Kier molecular flexibility index (Phi) is 15.5. The smallest absolute Gasteiger partial charge is 0.304 e. The van der Waals surface area contributed by atoms with Crippen LogP contribution in [0, 0.1) is 5.92 Å². The van der Waals surface area contributed by atoms with Crippen molar-refractivity contribution in [2.45, 2.75) is 34.1 Å². The van der Waals surface area contributed by atoms with Gasteiger partial charge >= 0.3 is 10.0 Å². The normalized spacial score (nSPS) is 14.1. The lowest BCUT2D eigenvalue weighted by molar-refractivity contribution is -0.0325. The summed E-state index contributed by atoms with van der Waals surface area (Å²) in [5.41, 5.74) is 0. The Hall–Kier alpha value is 0.337. The van der Waals surface area contributed by atoms with Crippen LogP contribution < -0.4 is 0 Å². The fourth-order valence-electron chi connectivity index (χ4n) is 1.56. The summed E-state index contributed by atoms with van der Waals surface area (Å²) in [4.78, 5) is 2.23. The van der Waals surface area contributed by atoms with Crippen molar-refractivity contribution in [1.29, 1.82) is 0 Å². The molecular formula is C14H31NO3S2Si. The van der Waals surface area contributed by atoms with E-state index in [4.69, 9.17) is 25.8 Å². The first-order valence-corrected chi connectivity index (χ1v) is 10.4. The van der Waals surface area contributed by atoms with Crippen LogP contribution >= 0.6 is 24.0 Å². The molecule has 21 heavy (non-hydrogen) atoms. The second-order valence-corrected chi connectivity index (χ2v) is 7.36. The first kappa shape index (κ1) is 21.3. The van der Waals surface area contributed by atoms with Gasteiger partial charge in [0.2, 0.25) is 0 Å². The molecule has 0 atom stereocenters. The number of ether oxygens (including phenoxy) is 1. The van der Waals surface area contributed by atoms with Crippen molar-refractivity contribution in [3.63, 3.8) is 0 Å². The van der Waals surface area contributed by atoms with Gasteiger partial charge in [0.05, 0.1) is 13.2 Å². The number of rotatable bonds is 9. The van der Waals surface area contributed by atoms with Crippen LogP contribution in [0.25, 0.3) is 0 Å². The molecule has 0 unspecified atom stereocenters. The summed E-state index contributed by atoms with van der Waals surface area (Å²) < 4.78 is 16.2. The van der Waals surface area contributed by atoms with E-state index in [1.807, 2.05) is 25.6 Å². The maximum absolute atomic E-state index is 5.34. The molecule has 1 aliphatic heterocycles. The third-order valence-corrected chi connectivity index (χ3v) is 5.76. The molecule has 0 aromatic rings. The third kappa shape index (κ3) is 11.5. The van der Waals surface area contributed by atoms with Crippen molar-refractivity contribution < 1.29 is 13.6 Å². The molecule has 0 bridgehead atoms. The number of thiocarbonyl (C=S) groups is 1. The average molecular weight is 354 g/mol. The fourth-order valence-corrected chi connectivity index (χ4v) is 3.59. The van der Waals surface area contributed by atoms with Gasteiger partial charge in [-0.15, -0.1) is 0 Å². The summed E-state index contributed by atoms with van der Waals surface area (Å²) in [5, 5.41) is 0. The molecule has 1 fully saturated rings. The molecular weight excluding hydrogens is 322 g/mol. The summed E-state index contributed by atoms with van der Waals surface area (Å²) in [5.74, 6) is 1.94. The van der Waals surface area contributed by atoms with Crippen LogP contribution in [0.1, 0.15) is 34.1 Å². The maximum atomic E-state index is 5.34. The molecule has 1 aliphatic rings. The highest BCUT2D eigenvalue weighted by atomic mass is 32.2. The van der Waals surface area contributed by atoms with Gasteiger partial charge in [-0.1, -0.05) is 24.0 Å². The van der Waals surface area contributed by atoms with Gasteiger partial charge in [0.25, 0.3) is 0 Å². The zero-order chi connectivity index (χ0) is 15.9. The molecule has 0 aromatic heterocycles. The zero-order valence-corrected chi connectivity index (χ0v) is 17.0. The van der Waals surface area contributed by atoms with E-state index in [1.165, 1.54) is 6.42 Å². The highest BCUT2D eigenvalue weighted by Gasteiger charge is 2.18. The predicted molar refractivity (Wildman–Crippen MR) is 98.7 cm³/mol. The second kappa shape index (κ2) is 15.2. The minimum Gasteiger partial charge on any atom is -0.399 e. The van der Waals surface area contributed by atoms with Crippen LogP contribution in [0.3, 0.4) is 0 Å². The Balaban J connectivity index is 0.000000486. The lowest BCUT2D eigenvalue weighted by Gasteiger charge is -2.26. The van der Waals surface area contributed by atoms with E-state index in [-0.39, 0.29) is 0 Å². The molecule has 1 rings (SSSR count). The van der Waals surface area contributed by atoms with E-state index in [0.717, 1.165) is 55.5 Å². The van der Waals surface area contributed by atoms with Crippen LogP contribution in [0.4, 0.5) is 0 Å². The third-order valence-electron chi connectivity index (χ3n) is 3.06. The van der Waals surface area contributed by atoms with Gasteiger partial charge in [-0.3, -0.25) is 0 Å². The van der Waals surface area contributed by atoms with Crippen LogP contribution in [0.15, 0.2) is 0 Å². The van der Waals surface area contributed by atoms with Gasteiger partial charge in [0.15, 0.2) is 0 Å². The monoisotopic (exact) mass is 353 g/mol. The van der Waals surface area contributed by atoms with Crippen molar-refractivity contribution in [2.24, 2.45) is 5.92 Å². The quantitative estimate of drug-likeness (QED) is 0.359. The molecule has 126 valence electrons. The number of hydrogen-bond donors (Lipinski definition) is 0. The summed E-state index contributed by atoms with van der Waals surface area (Å²) in [6, 6.07) is 0. The van der Waals surface area contributed by atoms with Crippen molar-refractivity contribution in [2.75, 3.05) is 45.3 Å². The number of nitrogens with zero attached hydrogens (tertiary/aromatic N) is 1. The summed E-state index contributed by atoms with van der Waals surface area (Å²) >= 11 is 7.15. The van der Waals surface area contributed by atoms with Gasteiger partial charge in [-0.05, 0) is 34.1 Å². The van der Waals surface area contributed by atoms with E-state index in [1.54, 1.807) is 0 Å². The van der Waals surface area contributed by atoms with Gasteiger partial charge in [0.1, 0.15) is 4.32 Å². The van der Waals surface area contributed by atoms with Gasteiger partial charge in [-0.2, -0.15) is 0 Å². The molecule has 0 spiro atoms. The van der Waals surface area contributed by atoms with Gasteiger partial charge in [0, 0.05) is 38.0 Å². The Morgan fingerprint density at radius 1 is 1.19 bits per heavy atom. The SMILES string of the molecule is CCN(CC)C(=S)SCCC1COC1.CCO[SiH2]OCC. The van der Waals surface area contributed by atoms with Crippen LogP contribution in [0.2, 0.25) is 0 Å². The van der Waals surface area contributed by atoms with Crippen LogP contribution in [0.5, 0.6) is 0 Å². The highest BCUT2D eigenvalue weighted by molar-refractivity contribution is 8.22. The molecule has 0 saturated carbocycles. The van der Waals surface area contributed by atoms with Crippen LogP contribution in [-0.2, 0) is 13.6 Å². The van der Waals surface area contributed by atoms with E-state index in [0.29, 0.717) is 0 Å². The number of hydrogen-bond acceptors (Lipinski definition) is 5. The van der Waals surface area contributed by atoms with E-state index >= 15 is 0 Å². The summed E-state index contributed by atoms with van der Waals surface area (Å²) in [6.45, 7) is 13.8. The van der Waals surface area contributed by atoms with Crippen LogP contribution in [-0.4, -0.2) is 64.5 Å². The standard InChI is InChI=1S/C10H19NOS2.C4H12O2Si/c1-3-11(4-2)10(13)14-6-5-9-7-12-8-9;1-3-5-7-6-4-2/h9H,3-8H2,1-2H3;3-4,7H2,1-2H3. The first-order chi connectivity index (χ1) is 10.2. The fraction of sp³-hybridized carbons (Fsp3) is 0.929. The van der Waals surface area contributed by atoms with Gasteiger partial charge in [-0.25, -0.2) is 0 Å². The lowest BCUT2D eigenvalue weighted by atomic mass is 10.1. The molecule has 0 aliphatic carbocycles. The Labute approximate surface area is 142 Å².